The van der Waals surface area contributed by atoms with Gasteiger partial charge in [0.2, 0.25) is 12.1 Å². The van der Waals surface area contributed by atoms with E-state index in [0.717, 1.165) is 16.7 Å². The predicted molar refractivity (Wildman–Crippen MR) is 115 cm³/mol. The van der Waals surface area contributed by atoms with Gasteiger partial charge in [-0.1, -0.05) is 59.7 Å². The molecule has 0 radical (unpaired) electrons. The third-order valence-electron chi connectivity index (χ3n) is 5.86. The number of amides is 1. The van der Waals surface area contributed by atoms with E-state index in [1.807, 2.05) is 73.5 Å². The van der Waals surface area contributed by atoms with Gasteiger partial charge in [0.1, 0.15) is 18.3 Å². The van der Waals surface area contributed by atoms with Crippen LogP contribution in [0.1, 0.15) is 39.5 Å². The van der Waals surface area contributed by atoms with E-state index in [-0.39, 0.29) is 5.78 Å². The number of H-pyrrole nitrogens is 1. The quantitative estimate of drug-likeness (QED) is 0.279. The highest BCUT2D eigenvalue weighted by atomic mass is 16.2. The highest BCUT2D eigenvalue weighted by Gasteiger charge is 2.51. The Morgan fingerprint density at radius 2 is 1.65 bits per heavy atom. The van der Waals surface area contributed by atoms with E-state index in [2.05, 4.69) is 4.98 Å². The molecule has 6 heteroatoms. The molecule has 2 unspecified atom stereocenters. The Bertz CT molecular complexity index is 1090. The number of hydrogen-bond acceptors (Lipinski definition) is 3. The molecule has 4 rings (SSSR count). The highest BCUT2D eigenvalue weighted by Crippen LogP contribution is 2.38. The van der Waals surface area contributed by atoms with Gasteiger partial charge < -0.3 is 4.90 Å². The average Bonchev–Trinajstić information content (AvgIpc) is 3.37. The van der Waals surface area contributed by atoms with Gasteiger partial charge in [-0.15, -0.1) is 0 Å². The van der Waals surface area contributed by atoms with Crippen molar-refractivity contribution in [3.05, 3.63) is 89.5 Å². The summed E-state index contributed by atoms with van der Waals surface area (Å²) in [5.41, 5.74) is 3.38. The van der Waals surface area contributed by atoms with Crippen LogP contribution in [0.3, 0.4) is 0 Å². The number of carbonyl (C=O) groups is 3. The summed E-state index contributed by atoms with van der Waals surface area (Å²) in [6.07, 6.45) is 6.27. The van der Waals surface area contributed by atoms with E-state index < -0.39 is 23.7 Å². The summed E-state index contributed by atoms with van der Waals surface area (Å²) < 4.78 is 1.98. The SMILES string of the molecule is Cc1ccc(C(=O)C2C(=O)C(=O)N(CCC[n+]3cc[nH]c3)C2c2ccc(C)cc2)cc1. The minimum Gasteiger partial charge on any atom is -0.328 e. The van der Waals surface area contributed by atoms with Crippen LogP contribution >= 0.6 is 0 Å². The van der Waals surface area contributed by atoms with Crippen LogP contribution in [0.15, 0.2) is 67.3 Å². The van der Waals surface area contributed by atoms with Crippen LogP contribution < -0.4 is 4.57 Å². The van der Waals surface area contributed by atoms with Crippen LogP contribution in [0.5, 0.6) is 0 Å². The number of hydrogen-bond donors (Lipinski definition) is 1. The third kappa shape index (κ3) is 4.19. The molecule has 158 valence electrons. The Morgan fingerprint density at radius 1 is 1.00 bits per heavy atom. The number of nitrogens with zero attached hydrogens (tertiary/aromatic N) is 2. The molecule has 1 aliphatic heterocycles. The lowest BCUT2D eigenvalue weighted by Crippen LogP contribution is -2.36. The van der Waals surface area contributed by atoms with Crippen LogP contribution in [0, 0.1) is 19.8 Å². The molecule has 0 aliphatic carbocycles. The van der Waals surface area contributed by atoms with E-state index in [1.165, 1.54) is 0 Å². The number of aryl methyl sites for hydroxylation is 3. The second-order valence-electron chi connectivity index (χ2n) is 8.13. The van der Waals surface area contributed by atoms with Crippen LogP contribution in [0.2, 0.25) is 0 Å². The number of carbonyl (C=O) groups excluding carboxylic acids is 3. The van der Waals surface area contributed by atoms with Crippen LogP contribution in [0.4, 0.5) is 0 Å². The number of rotatable bonds is 7. The van der Waals surface area contributed by atoms with Crippen molar-refractivity contribution >= 4 is 17.5 Å². The zero-order valence-corrected chi connectivity index (χ0v) is 17.7. The minimum absolute atomic E-state index is 0.300. The Labute approximate surface area is 181 Å². The first-order valence-electron chi connectivity index (χ1n) is 10.5. The zero-order chi connectivity index (χ0) is 22.0. The van der Waals surface area contributed by atoms with E-state index in [0.29, 0.717) is 25.1 Å². The number of aromatic nitrogens is 2. The van der Waals surface area contributed by atoms with Gasteiger partial charge in [-0.05, 0) is 19.4 Å². The van der Waals surface area contributed by atoms with E-state index in [9.17, 15) is 14.4 Å². The van der Waals surface area contributed by atoms with Gasteiger partial charge in [0.05, 0.1) is 12.6 Å². The summed E-state index contributed by atoms with van der Waals surface area (Å²) in [5, 5.41) is 0. The molecule has 1 N–H and O–H groups in total. The van der Waals surface area contributed by atoms with Crippen molar-refractivity contribution in [2.24, 2.45) is 5.92 Å². The van der Waals surface area contributed by atoms with Crippen LogP contribution in [-0.4, -0.2) is 33.9 Å². The Balaban J connectivity index is 1.65. The Kier molecular flexibility index (Phi) is 5.80. The number of imidazole rings is 1. The average molecular weight is 417 g/mol. The summed E-state index contributed by atoms with van der Waals surface area (Å²) >= 11 is 0. The molecule has 6 nitrogen and oxygen atoms in total. The molecule has 2 heterocycles. The fourth-order valence-corrected chi connectivity index (χ4v) is 4.14. The smallest absolute Gasteiger partial charge is 0.291 e. The fraction of sp³-hybridized carbons (Fsp3) is 0.280. The van der Waals surface area contributed by atoms with E-state index >= 15 is 0 Å². The number of likely N-dealkylation sites (tertiary alicyclic amines) is 1. The maximum absolute atomic E-state index is 13.4. The lowest BCUT2D eigenvalue weighted by molar-refractivity contribution is -0.695. The van der Waals surface area contributed by atoms with Gasteiger partial charge in [-0.2, -0.15) is 0 Å². The van der Waals surface area contributed by atoms with Crippen molar-refractivity contribution in [2.75, 3.05) is 6.54 Å². The second kappa shape index (κ2) is 8.68. The third-order valence-corrected chi connectivity index (χ3v) is 5.86. The van der Waals surface area contributed by atoms with Gasteiger partial charge in [0.25, 0.3) is 5.91 Å². The molecule has 1 amide bonds. The number of nitrogens with one attached hydrogen (secondary N) is 1. The lowest BCUT2D eigenvalue weighted by Gasteiger charge is -2.27. The first-order valence-corrected chi connectivity index (χ1v) is 10.5. The molecule has 1 aromatic heterocycles. The number of Topliss-reactive ketones (excluding diaryl/α,β-unsaturated/α-hetero) is 2. The van der Waals surface area contributed by atoms with Crippen molar-refractivity contribution in [3.8, 4) is 0 Å². The molecule has 3 aromatic rings. The molecule has 1 saturated heterocycles. The Morgan fingerprint density at radius 3 is 2.26 bits per heavy atom. The predicted octanol–water partition coefficient (Wildman–Crippen LogP) is 2.96. The molecule has 1 fully saturated rings. The number of benzene rings is 2. The van der Waals surface area contributed by atoms with E-state index in [1.54, 1.807) is 17.0 Å². The molecule has 1 aliphatic rings. The molecule has 0 spiro atoms. The van der Waals surface area contributed by atoms with Gasteiger partial charge in [-0.3, -0.25) is 19.4 Å². The molecule has 2 atom stereocenters. The topological polar surface area (TPSA) is 74.1 Å². The molecule has 31 heavy (non-hydrogen) atoms. The molecule has 0 saturated carbocycles. The fourth-order valence-electron chi connectivity index (χ4n) is 4.14. The zero-order valence-electron chi connectivity index (χ0n) is 17.7. The van der Waals surface area contributed by atoms with Crippen molar-refractivity contribution < 1.29 is 19.0 Å². The summed E-state index contributed by atoms with van der Waals surface area (Å²) in [7, 11) is 0. The minimum atomic E-state index is -1.03. The second-order valence-corrected chi connectivity index (χ2v) is 8.13. The monoisotopic (exact) mass is 416 g/mol. The van der Waals surface area contributed by atoms with Crippen molar-refractivity contribution in [3.63, 3.8) is 0 Å². The first kappa shape index (κ1) is 20.7. The summed E-state index contributed by atoms with van der Waals surface area (Å²) in [5.74, 6) is -2.52. The lowest BCUT2D eigenvalue weighted by atomic mass is 9.86. The van der Waals surface area contributed by atoms with Crippen molar-refractivity contribution in [1.29, 1.82) is 0 Å². The largest absolute Gasteiger partial charge is 0.328 e. The van der Waals surface area contributed by atoms with Crippen LogP contribution in [0.25, 0.3) is 0 Å². The van der Waals surface area contributed by atoms with Gasteiger partial charge >= 0.3 is 0 Å². The molecule has 2 aromatic carbocycles. The number of aromatic amines is 1. The van der Waals surface area contributed by atoms with Crippen molar-refractivity contribution in [2.45, 2.75) is 32.9 Å². The van der Waals surface area contributed by atoms with Gasteiger partial charge in [0, 0.05) is 18.5 Å². The van der Waals surface area contributed by atoms with Crippen molar-refractivity contribution in [1.82, 2.24) is 9.88 Å². The molecular weight excluding hydrogens is 390 g/mol. The summed E-state index contributed by atoms with van der Waals surface area (Å²) in [4.78, 5) is 43.9. The van der Waals surface area contributed by atoms with Gasteiger partial charge in [0.15, 0.2) is 5.78 Å². The normalized spacial score (nSPS) is 18.6. The molecular formula is C25H26N3O3+. The summed E-state index contributed by atoms with van der Waals surface area (Å²) in [6.45, 7) is 5.03. The van der Waals surface area contributed by atoms with Gasteiger partial charge in [-0.25, -0.2) is 4.57 Å². The molecule has 0 bridgehead atoms. The van der Waals surface area contributed by atoms with Crippen LogP contribution in [-0.2, 0) is 16.1 Å². The summed E-state index contributed by atoms with van der Waals surface area (Å²) in [6, 6.07) is 14.3. The Hall–Kier alpha value is -3.54. The maximum atomic E-state index is 13.4. The first-order chi connectivity index (χ1) is 15.0. The maximum Gasteiger partial charge on any atom is 0.291 e. The highest BCUT2D eigenvalue weighted by molar-refractivity contribution is 6.44. The number of ketones is 2. The standard InChI is InChI=1S/C25H25N3O3/c1-17-4-8-19(9-5-17)22-21(23(29)20-10-6-18(2)7-11-20)24(30)25(31)28(22)14-3-13-27-15-12-26-16-27/h4-12,15-16,21-22H,3,13-14H2,1-2H3/p+1. The van der Waals surface area contributed by atoms with E-state index in [4.69, 9.17) is 0 Å².